The summed E-state index contributed by atoms with van der Waals surface area (Å²) in [6.45, 7) is 5.39. The van der Waals surface area contributed by atoms with Gasteiger partial charge >= 0.3 is 0 Å². The van der Waals surface area contributed by atoms with Gasteiger partial charge in [0.1, 0.15) is 0 Å². The number of imidazole rings is 1. The van der Waals surface area contributed by atoms with Crippen molar-refractivity contribution in [3.63, 3.8) is 0 Å². The molecule has 1 aromatic rings. The van der Waals surface area contributed by atoms with Crippen LogP contribution < -0.4 is 10.6 Å². The Bertz CT molecular complexity index is 287. The smallest absolute Gasteiger partial charge is 0.202 e. The molecule has 4 nitrogen and oxygen atoms in total. The van der Waals surface area contributed by atoms with Crippen molar-refractivity contribution >= 4 is 5.95 Å². The van der Waals surface area contributed by atoms with Crippen molar-refractivity contribution < 1.29 is 0 Å². The Kier molecular flexibility index (Phi) is 3.61. The Labute approximate surface area is 91.1 Å². The third-order valence-electron chi connectivity index (χ3n) is 2.97. The van der Waals surface area contributed by atoms with Gasteiger partial charge in [0, 0.05) is 25.0 Å². The Morgan fingerprint density at radius 2 is 2.47 bits per heavy atom. The highest BCUT2D eigenvalue weighted by atomic mass is 15.2. The van der Waals surface area contributed by atoms with Crippen LogP contribution in [0.2, 0.25) is 0 Å². The van der Waals surface area contributed by atoms with Gasteiger partial charge in [-0.1, -0.05) is 0 Å². The maximum Gasteiger partial charge on any atom is 0.202 e. The Morgan fingerprint density at radius 3 is 3.33 bits per heavy atom. The minimum absolute atomic E-state index is 0.577. The summed E-state index contributed by atoms with van der Waals surface area (Å²) < 4.78 is 2.15. The van der Waals surface area contributed by atoms with Crippen molar-refractivity contribution in [1.82, 2.24) is 14.9 Å². The molecule has 0 aliphatic carbocycles. The van der Waals surface area contributed by atoms with Gasteiger partial charge in [-0.15, -0.1) is 0 Å². The zero-order valence-corrected chi connectivity index (χ0v) is 9.37. The van der Waals surface area contributed by atoms with E-state index in [9.17, 15) is 0 Å². The summed E-state index contributed by atoms with van der Waals surface area (Å²) in [5.74, 6) is 1.02. The Balaban J connectivity index is 1.94. The van der Waals surface area contributed by atoms with E-state index in [4.69, 9.17) is 0 Å². The molecule has 2 rings (SSSR count). The number of nitrogens with zero attached hydrogens (tertiary/aromatic N) is 2. The Hall–Kier alpha value is -1.03. The standard InChI is InChI=1S/C11H20N4/c1-2-15-9-8-13-11(15)14-10-4-3-6-12-7-5-10/h8-10,12H,2-7H2,1H3,(H,13,14). The van der Waals surface area contributed by atoms with Gasteiger partial charge in [-0.05, 0) is 39.3 Å². The average Bonchev–Trinajstić information content (AvgIpc) is 2.53. The molecule has 0 spiro atoms. The molecule has 1 unspecified atom stereocenters. The lowest BCUT2D eigenvalue weighted by Crippen LogP contribution is -2.23. The fraction of sp³-hybridized carbons (Fsp3) is 0.727. The van der Waals surface area contributed by atoms with Crippen LogP contribution in [0.25, 0.3) is 0 Å². The first kappa shape index (κ1) is 10.5. The predicted molar refractivity (Wildman–Crippen MR) is 62.0 cm³/mol. The molecule has 0 amide bonds. The van der Waals surface area contributed by atoms with E-state index in [1.807, 2.05) is 12.4 Å². The van der Waals surface area contributed by atoms with Gasteiger partial charge in [-0.3, -0.25) is 0 Å². The summed E-state index contributed by atoms with van der Waals surface area (Å²) in [5.41, 5.74) is 0. The van der Waals surface area contributed by atoms with Gasteiger partial charge < -0.3 is 15.2 Å². The van der Waals surface area contributed by atoms with E-state index in [0.717, 1.165) is 25.6 Å². The minimum Gasteiger partial charge on any atom is -0.353 e. The van der Waals surface area contributed by atoms with Crippen LogP contribution in [-0.4, -0.2) is 28.7 Å². The maximum atomic E-state index is 4.34. The SMILES string of the molecule is CCn1ccnc1NC1CCCNCC1. The van der Waals surface area contributed by atoms with E-state index in [1.54, 1.807) is 0 Å². The third-order valence-corrected chi connectivity index (χ3v) is 2.97. The molecule has 1 aromatic heterocycles. The monoisotopic (exact) mass is 208 g/mol. The molecule has 0 aromatic carbocycles. The lowest BCUT2D eigenvalue weighted by molar-refractivity contribution is 0.622. The van der Waals surface area contributed by atoms with Gasteiger partial charge in [0.25, 0.3) is 0 Å². The largest absolute Gasteiger partial charge is 0.353 e. The van der Waals surface area contributed by atoms with E-state index in [1.165, 1.54) is 19.3 Å². The normalized spacial score (nSPS) is 22.3. The van der Waals surface area contributed by atoms with Crippen molar-refractivity contribution in [3.8, 4) is 0 Å². The number of hydrogen-bond donors (Lipinski definition) is 2. The van der Waals surface area contributed by atoms with Gasteiger partial charge in [0.05, 0.1) is 0 Å². The molecular weight excluding hydrogens is 188 g/mol. The van der Waals surface area contributed by atoms with Crippen molar-refractivity contribution in [2.45, 2.75) is 38.8 Å². The lowest BCUT2D eigenvalue weighted by Gasteiger charge is -2.17. The maximum absolute atomic E-state index is 4.34. The number of rotatable bonds is 3. The van der Waals surface area contributed by atoms with Crippen LogP contribution in [0.4, 0.5) is 5.95 Å². The quantitative estimate of drug-likeness (QED) is 0.790. The molecule has 1 saturated heterocycles. The number of nitrogens with one attached hydrogen (secondary N) is 2. The first-order valence-corrected chi connectivity index (χ1v) is 5.88. The van der Waals surface area contributed by atoms with Crippen molar-refractivity contribution in [2.24, 2.45) is 0 Å². The van der Waals surface area contributed by atoms with E-state index < -0.39 is 0 Å². The predicted octanol–water partition coefficient (Wildman–Crippen LogP) is 1.46. The van der Waals surface area contributed by atoms with E-state index in [2.05, 4.69) is 27.1 Å². The number of anilines is 1. The summed E-state index contributed by atoms with van der Waals surface area (Å²) in [6, 6.07) is 0.577. The van der Waals surface area contributed by atoms with Crippen LogP contribution in [0.15, 0.2) is 12.4 Å². The lowest BCUT2D eigenvalue weighted by atomic mass is 10.1. The molecule has 4 heteroatoms. The molecule has 84 valence electrons. The van der Waals surface area contributed by atoms with Gasteiger partial charge in [0.2, 0.25) is 5.95 Å². The van der Waals surface area contributed by atoms with Crippen LogP contribution in [-0.2, 0) is 6.54 Å². The highest BCUT2D eigenvalue weighted by Gasteiger charge is 2.13. The van der Waals surface area contributed by atoms with E-state index in [0.29, 0.717) is 6.04 Å². The minimum atomic E-state index is 0.577. The van der Waals surface area contributed by atoms with Crippen molar-refractivity contribution in [1.29, 1.82) is 0 Å². The van der Waals surface area contributed by atoms with E-state index in [-0.39, 0.29) is 0 Å². The summed E-state index contributed by atoms with van der Waals surface area (Å²) in [5, 5.41) is 6.95. The van der Waals surface area contributed by atoms with Crippen LogP contribution >= 0.6 is 0 Å². The van der Waals surface area contributed by atoms with Crippen LogP contribution in [0, 0.1) is 0 Å². The average molecular weight is 208 g/mol. The second-order valence-corrected chi connectivity index (χ2v) is 4.06. The van der Waals surface area contributed by atoms with E-state index >= 15 is 0 Å². The fourth-order valence-corrected chi connectivity index (χ4v) is 2.05. The number of hydrogen-bond acceptors (Lipinski definition) is 3. The second-order valence-electron chi connectivity index (χ2n) is 4.06. The third kappa shape index (κ3) is 2.72. The fourth-order valence-electron chi connectivity index (χ4n) is 2.05. The molecule has 0 saturated carbocycles. The summed E-state index contributed by atoms with van der Waals surface area (Å²) >= 11 is 0. The molecule has 15 heavy (non-hydrogen) atoms. The molecule has 2 N–H and O–H groups in total. The summed E-state index contributed by atoms with van der Waals surface area (Å²) in [7, 11) is 0. The van der Waals surface area contributed by atoms with Gasteiger partial charge in [0.15, 0.2) is 0 Å². The van der Waals surface area contributed by atoms with Crippen LogP contribution in [0.5, 0.6) is 0 Å². The van der Waals surface area contributed by atoms with Crippen LogP contribution in [0.1, 0.15) is 26.2 Å². The molecule has 2 heterocycles. The van der Waals surface area contributed by atoms with Gasteiger partial charge in [-0.25, -0.2) is 4.98 Å². The number of aryl methyl sites for hydroxylation is 1. The molecule has 1 aliphatic heterocycles. The van der Waals surface area contributed by atoms with Gasteiger partial charge in [-0.2, -0.15) is 0 Å². The Morgan fingerprint density at radius 1 is 1.53 bits per heavy atom. The molecule has 1 fully saturated rings. The van der Waals surface area contributed by atoms with Crippen molar-refractivity contribution in [2.75, 3.05) is 18.4 Å². The first-order chi connectivity index (χ1) is 7.40. The zero-order chi connectivity index (χ0) is 10.5. The molecule has 0 radical (unpaired) electrons. The molecular formula is C11H20N4. The summed E-state index contributed by atoms with van der Waals surface area (Å²) in [6.07, 6.45) is 7.57. The summed E-state index contributed by atoms with van der Waals surface area (Å²) in [4.78, 5) is 4.34. The second kappa shape index (κ2) is 5.16. The first-order valence-electron chi connectivity index (χ1n) is 5.88. The number of aromatic nitrogens is 2. The zero-order valence-electron chi connectivity index (χ0n) is 9.37. The highest BCUT2D eigenvalue weighted by molar-refractivity contribution is 5.27. The van der Waals surface area contributed by atoms with Crippen molar-refractivity contribution in [3.05, 3.63) is 12.4 Å². The molecule has 1 atom stereocenters. The molecule has 1 aliphatic rings. The topological polar surface area (TPSA) is 41.9 Å². The van der Waals surface area contributed by atoms with Crippen LogP contribution in [0.3, 0.4) is 0 Å². The molecule has 0 bridgehead atoms. The highest BCUT2D eigenvalue weighted by Crippen LogP contribution is 2.12.